The molecule has 0 aliphatic carbocycles. The summed E-state index contributed by atoms with van der Waals surface area (Å²) in [6.45, 7) is 4.83. The Balaban J connectivity index is 1.66. The van der Waals surface area contributed by atoms with Gasteiger partial charge in [-0.15, -0.1) is 0 Å². The van der Waals surface area contributed by atoms with Gasteiger partial charge in [-0.1, -0.05) is 36.4 Å². The molecule has 2 atom stereocenters. The first-order valence-corrected chi connectivity index (χ1v) is 7.64. The Morgan fingerprint density at radius 1 is 1.19 bits per heavy atom. The smallest absolute Gasteiger partial charge is 0.213 e. The molecule has 3 rings (SSSR count). The van der Waals surface area contributed by atoms with E-state index in [1.54, 1.807) is 0 Å². The van der Waals surface area contributed by atoms with Gasteiger partial charge in [-0.2, -0.15) is 0 Å². The summed E-state index contributed by atoms with van der Waals surface area (Å²) in [4.78, 5) is 4.32. The highest BCUT2D eigenvalue weighted by atomic mass is 16.5. The van der Waals surface area contributed by atoms with Crippen LogP contribution in [0.3, 0.4) is 0 Å². The molecular weight excluding hydrogens is 260 g/mol. The molecule has 3 nitrogen and oxygen atoms in total. The van der Waals surface area contributed by atoms with Crippen molar-refractivity contribution in [2.75, 3.05) is 19.7 Å². The molecule has 2 aromatic rings. The highest BCUT2D eigenvalue weighted by Crippen LogP contribution is 2.30. The van der Waals surface area contributed by atoms with Crippen LogP contribution in [0.1, 0.15) is 23.5 Å². The number of piperidine rings is 1. The van der Waals surface area contributed by atoms with E-state index in [2.05, 4.69) is 40.6 Å². The Kier molecular flexibility index (Phi) is 4.51. The van der Waals surface area contributed by atoms with Crippen molar-refractivity contribution in [1.29, 1.82) is 0 Å². The molecule has 1 aromatic heterocycles. The molecule has 1 N–H and O–H groups in total. The molecule has 1 fully saturated rings. The van der Waals surface area contributed by atoms with Gasteiger partial charge in [0.2, 0.25) is 5.88 Å². The quantitative estimate of drug-likeness (QED) is 0.935. The van der Waals surface area contributed by atoms with Gasteiger partial charge >= 0.3 is 0 Å². The molecule has 0 unspecified atom stereocenters. The van der Waals surface area contributed by atoms with Crippen LogP contribution in [0.5, 0.6) is 5.88 Å². The van der Waals surface area contributed by atoms with Gasteiger partial charge in [-0.25, -0.2) is 4.98 Å². The molecule has 0 amide bonds. The maximum Gasteiger partial charge on any atom is 0.213 e. The third-order valence-corrected chi connectivity index (χ3v) is 4.16. The van der Waals surface area contributed by atoms with Crippen LogP contribution in [0.2, 0.25) is 0 Å². The number of aryl methyl sites for hydroxylation is 1. The fraction of sp³-hybridized carbons (Fsp3) is 0.389. The number of benzene rings is 1. The predicted molar refractivity (Wildman–Crippen MR) is 84.6 cm³/mol. The van der Waals surface area contributed by atoms with E-state index in [0.717, 1.165) is 24.5 Å². The summed E-state index contributed by atoms with van der Waals surface area (Å²) in [6, 6.07) is 14.8. The second kappa shape index (κ2) is 6.72. The molecule has 0 bridgehead atoms. The monoisotopic (exact) mass is 282 g/mol. The molecule has 2 heterocycles. The minimum atomic E-state index is 0.490. The molecule has 3 heteroatoms. The molecule has 21 heavy (non-hydrogen) atoms. The number of aromatic nitrogens is 1. The van der Waals surface area contributed by atoms with E-state index >= 15 is 0 Å². The highest BCUT2D eigenvalue weighted by molar-refractivity contribution is 5.21. The standard InChI is InChI=1S/C18H22N2O/c1-14-7-8-18(20-11-14)21-13-16-12-19-10-9-17(16)15-5-3-2-4-6-15/h2-8,11,16-17,19H,9-10,12-13H2,1H3/t16-,17-/m1/s1. The van der Waals surface area contributed by atoms with E-state index < -0.39 is 0 Å². The third-order valence-electron chi connectivity index (χ3n) is 4.16. The van der Waals surface area contributed by atoms with Crippen LogP contribution >= 0.6 is 0 Å². The Hall–Kier alpha value is -1.87. The first-order chi connectivity index (χ1) is 10.3. The summed E-state index contributed by atoms with van der Waals surface area (Å²) in [7, 11) is 0. The maximum absolute atomic E-state index is 5.90. The molecular formula is C18H22N2O. The maximum atomic E-state index is 5.90. The Morgan fingerprint density at radius 2 is 2.05 bits per heavy atom. The van der Waals surface area contributed by atoms with Crippen molar-refractivity contribution in [3.05, 3.63) is 59.8 Å². The summed E-state index contributed by atoms with van der Waals surface area (Å²) in [5, 5.41) is 3.48. The molecule has 0 radical (unpaired) electrons. The van der Waals surface area contributed by atoms with Crippen LogP contribution in [0.25, 0.3) is 0 Å². The zero-order valence-electron chi connectivity index (χ0n) is 12.5. The summed E-state index contributed by atoms with van der Waals surface area (Å²) >= 11 is 0. The zero-order valence-corrected chi connectivity index (χ0v) is 12.5. The number of nitrogens with one attached hydrogen (secondary N) is 1. The minimum absolute atomic E-state index is 0.490. The van der Waals surface area contributed by atoms with Crippen molar-refractivity contribution in [2.45, 2.75) is 19.3 Å². The number of ether oxygens (including phenoxy) is 1. The van der Waals surface area contributed by atoms with E-state index in [1.165, 1.54) is 12.0 Å². The second-order valence-electron chi connectivity index (χ2n) is 5.75. The second-order valence-corrected chi connectivity index (χ2v) is 5.75. The lowest BCUT2D eigenvalue weighted by Gasteiger charge is -2.32. The van der Waals surface area contributed by atoms with E-state index in [4.69, 9.17) is 4.74 Å². The van der Waals surface area contributed by atoms with Crippen LogP contribution in [0.15, 0.2) is 48.7 Å². The van der Waals surface area contributed by atoms with Crippen molar-refractivity contribution in [2.24, 2.45) is 5.92 Å². The van der Waals surface area contributed by atoms with Crippen molar-refractivity contribution >= 4 is 0 Å². The molecule has 110 valence electrons. The SMILES string of the molecule is Cc1ccc(OC[C@H]2CNCC[C@@H]2c2ccccc2)nc1. The first kappa shape index (κ1) is 14.1. The third kappa shape index (κ3) is 3.61. The van der Waals surface area contributed by atoms with Crippen LogP contribution in [0, 0.1) is 12.8 Å². The lowest BCUT2D eigenvalue weighted by Crippen LogP contribution is -2.38. The van der Waals surface area contributed by atoms with Crippen molar-refractivity contribution in [1.82, 2.24) is 10.3 Å². The van der Waals surface area contributed by atoms with Gasteiger partial charge in [0.1, 0.15) is 0 Å². The molecule has 0 saturated carbocycles. The number of rotatable bonds is 4. The number of hydrogen-bond donors (Lipinski definition) is 1. The largest absolute Gasteiger partial charge is 0.477 e. The Labute approximate surface area is 126 Å². The van der Waals surface area contributed by atoms with Crippen LogP contribution in [-0.2, 0) is 0 Å². The van der Waals surface area contributed by atoms with Crippen LogP contribution < -0.4 is 10.1 Å². The first-order valence-electron chi connectivity index (χ1n) is 7.64. The zero-order chi connectivity index (χ0) is 14.5. The number of nitrogens with zero attached hydrogens (tertiary/aromatic N) is 1. The normalized spacial score (nSPS) is 22.0. The van der Waals surface area contributed by atoms with Gasteiger partial charge in [0.25, 0.3) is 0 Å². The molecule has 1 aliphatic heterocycles. The summed E-state index contributed by atoms with van der Waals surface area (Å²) in [6.07, 6.45) is 3.02. The number of pyridine rings is 1. The van der Waals surface area contributed by atoms with Crippen LogP contribution in [-0.4, -0.2) is 24.7 Å². The highest BCUT2D eigenvalue weighted by Gasteiger charge is 2.26. The van der Waals surface area contributed by atoms with Crippen molar-refractivity contribution < 1.29 is 4.74 Å². The van der Waals surface area contributed by atoms with Gasteiger partial charge in [-0.05, 0) is 36.9 Å². The molecule has 1 aromatic carbocycles. The van der Waals surface area contributed by atoms with Crippen molar-refractivity contribution in [3.8, 4) is 5.88 Å². The predicted octanol–water partition coefficient (Wildman–Crippen LogP) is 3.16. The minimum Gasteiger partial charge on any atom is -0.477 e. The van der Waals surface area contributed by atoms with E-state index in [1.807, 2.05) is 25.3 Å². The van der Waals surface area contributed by atoms with Gasteiger partial charge < -0.3 is 10.1 Å². The number of hydrogen-bond acceptors (Lipinski definition) is 3. The Morgan fingerprint density at radius 3 is 2.81 bits per heavy atom. The fourth-order valence-electron chi connectivity index (χ4n) is 2.97. The van der Waals surface area contributed by atoms with E-state index in [9.17, 15) is 0 Å². The molecule has 1 aliphatic rings. The van der Waals surface area contributed by atoms with Gasteiger partial charge in [0.15, 0.2) is 0 Å². The van der Waals surface area contributed by atoms with Crippen LogP contribution in [0.4, 0.5) is 0 Å². The fourth-order valence-corrected chi connectivity index (χ4v) is 2.97. The van der Waals surface area contributed by atoms with Gasteiger partial charge in [-0.3, -0.25) is 0 Å². The van der Waals surface area contributed by atoms with Gasteiger partial charge in [0.05, 0.1) is 6.61 Å². The molecule has 1 saturated heterocycles. The van der Waals surface area contributed by atoms with Crippen molar-refractivity contribution in [3.63, 3.8) is 0 Å². The van der Waals surface area contributed by atoms with E-state index in [0.29, 0.717) is 18.4 Å². The van der Waals surface area contributed by atoms with Gasteiger partial charge in [0, 0.05) is 24.7 Å². The summed E-state index contributed by atoms with van der Waals surface area (Å²) < 4.78 is 5.90. The Bertz CT molecular complexity index is 553. The topological polar surface area (TPSA) is 34.1 Å². The van der Waals surface area contributed by atoms with E-state index in [-0.39, 0.29) is 0 Å². The average Bonchev–Trinajstić information content (AvgIpc) is 2.55. The molecule has 0 spiro atoms. The lowest BCUT2D eigenvalue weighted by molar-refractivity contribution is 0.191. The lowest BCUT2D eigenvalue weighted by atomic mass is 9.81. The summed E-state index contributed by atoms with van der Waals surface area (Å²) in [5.74, 6) is 1.78. The average molecular weight is 282 g/mol. The summed E-state index contributed by atoms with van der Waals surface area (Å²) in [5.41, 5.74) is 2.58.